The molecular formula is C16H15BrClNO2. The van der Waals surface area contributed by atoms with Gasteiger partial charge in [-0.15, -0.1) is 0 Å². The van der Waals surface area contributed by atoms with Gasteiger partial charge >= 0.3 is 0 Å². The molecule has 0 fully saturated rings. The lowest BCUT2D eigenvalue weighted by Gasteiger charge is -2.26. The molecule has 0 heterocycles. The van der Waals surface area contributed by atoms with Gasteiger partial charge in [-0.3, -0.25) is 4.79 Å². The zero-order chi connectivity index (χ0) is 15.6. The van der Waals surface area contributed by atoms with Crippen molar-refractivity contribution in [1.82, 2.24) is 4.90 Å². The maximum Gasteiger partial charge on any atom is 0.255 e. The van der Waals surface area contributed by atoms with Gasteiger partial charge in [-0.2, -0.15) is 0 Å². The summed E-state index contributed by atoms with van der Waals surface area (Å²) in [6, 6.07) is 12.0. The second kappa shape index (κ2) is 6.50. The van der Waals surface area contributed by atoms with E-state index in [2.05, 4.69) is 15.9 Å². The van der Waals surface area contributed by atoms with Crippen molar-refractivity contribution in [3.63, 3.8) is 0 Å². The predicted octanol–water partition coefficient (Wildman–Crippen LogP) is 4.64. The minimum Gasteiger partial charge on any atom is -0.508 e. The van der Waals surface area contributed by atoms with Crippen LogP contribution >= 0.6 is 27.5 Å². The molecule has 0 aliphatic heterocycles. The van der Waals surface area contributed by atoms with Gasteiger partial charge in [0.2, 0.25) is 0 Å². The number of phenolic OH excluding ortho intramolecular Hbond substituents is 1. The molecule has 1 unspecified atom stereocenters. The number of carbonyl (C=O) groups excluding carboxylic acids is 1. The highest BCUT2D eigenvalue weighted by atomic mass is 79.9. The molecule has 1 amide bonds. The first-order valence-corrected chi connectivity index (χ1v) is 7.59. The Morgan fingerprint density at radius 2 is 1.86 bits per heavy atom. The van der Waals surface area contributed by atoms with Gasteiger partial charge in [0.1, 0.15) is 5.75 Å². The zero-order valence-corrected chi connectivity index (χ0v) is 14.0. The number of amides is 1. The summed E-state index contributed by atoms with van der Waals surface area (Å²) in [5.74, 6) is 0.0526. The second-order valence-electron chi connectivity index (χ2n) is 4.78. The van der Waals surface area contributed by atoms with E-state index in [1.807, 2.05) is 6.92 Å². The second-order valence-corrected chi connectivity index (χ2v) is 6.02. The van der Waals surface area contributed by atoms with Gasteiger partial charge in [0.05, 0.1) is 16.6 Å². The van der Waals surface area contributed by atoms with Crippen molar-refractivity contribution < 1.29 is 9.90 Å². The Bertz CT molecular complexity index is 658. The lowest BCUT2D eigenvalue weighted by atomic mass is 10.1. The van der Waals surface area contributed by atoms with Crippen LogP contribution in [0.4, 0.5) is 0 Å². The van der Waals surface area contributed by atoms with Gasteiger partial charge in [-0.25, -0.2) is 0 Å². The summed E-state index contributed by atoms with van der Waals surface area (Å²) < 4.78 is 0.695. The minimum absolute atomic E-state index is 0.131. The van der Waals surface area contributed by atoms with E-state index in [-0.39, 0.29) is 17.7 Å². The Hall–Kier alpha value is -1.52. The number of aromatic hydroxyl groups is 1. The van der Waals surface area contributed by atoms with E-state index in [9.17, 15) is 9.90 Å². The van der Waals surface area contributed by atoms with Crippen molar-refractivity contribution in [3.8, 4) is 5.75 Å². The van der Waals surface area contributed by atoms with Crippen LogP contribution in [0, 0.1) is 0 Å². The van der Waals surface area contributed by atoms with Gasteiger partial charge in [-0.05, 0) is 52.7 Å². The average molecular weight is 369 g/mol. The molecule has 0 saturated carbocycles. The highest BCUT2D eigenvalue weighted by Crippen LogP contribution is 2.29. The summed E-state index contributed by atoms with van der Waals surface area (Å²) in [5, 5.41) is 9.74. The van der Waals surface area contributed by atoms with E-state index < -0.39 is 0 Å². The van der Waals surface area contributed by atoms with Crippen LogP contribution in [0.3, 0.4) is 0 Å². The highest BCUT2D eigenvalue weighted by molar-refractivity contribution is 9.10. The van der Waals surface area contributed by atoms with Crippen LogP contribution < -0.4 is 0 Å². The molecule has 3 nitrogen and oxygen atoms in total. The minimum atomic E-state index is -0.151. The van der Waals surface area contributed by atoms with Gasteiger partial charge in [0.25, 0.3) is 5.91 Å². The first kappa shape index (κ1) is 15.9. The SMILES string of the molecule is CC(c1ccc(O)cc1)N(C)C(=O)c1cccc(Br)c1Cl. The summed E-state index contributed by atoms with van der Waals surface area (Å²) in [7, 11) is 1.73. The molecule has 0 radical (unpaired) electrons. The van der Waals surface area contributed by atoms with E-state index in [0.29, 0.717) is 15.1 Å². The zero-order valence-electron chi connectivity index (χ0n) is 11.7. The topological polar surface area (TPSA) is 40.5 Å². The Kier molecular flexibility index (Phi) is 4.91. The fourth-order valence-electron chi connectivity index (χ4n) is 2.01. The molecule has 2 rings (SSSR count). The van der Waals surface area contributed by atoms with Crippen molar-refractivity contribution in [1.29, 1.82) is 0 Å². The van der Waals surface area contributed by atoms with E-state index in [0.717, 1.165) is 5.56 Å². The molecule has 0 aliphatic carbocycles. The largest absolute Gasteiger partial charge is 0.508 e. The third-order valence-corrected chi connectivity index (χ3v) is 4.76. The van der Waals surface area contributed by atoms with Crippen LogP contribution in [0.25, 0.3) is 0 Å². The standard InChI is InChI=1S/C16H15BrClNO2/c1-10(11-6-8-12(20)9-7-11)19(2)16(21)13-4-3-5-14(17)15(13)18/h3-10,20H,1-2H3. The Labute approximate surface area is 137 Å². The maximum absolute atomic E-state index is 12.6. The third-order valence-electron chi connectivity index (χ3n) is 3.46. The first-order chi connectivity index (χ1) is 9.91. The van der Waals surface area contributed by atoms with Crippen LogP contribution in [-0.2, 0) is 0 Å². The molecule has 110 valence electrons. The number of hydrogen-bond donors (Lipinski definition) is 1. The quantitative estimate of drug-likeness (QED) is 0.857. The monoisotopic (exact) mass is 367 g/mol. The Balaban J connectivity index is 2.26. The van der Waals surface area contributed by atoms with E-state index in [1.165, 1.54) is 0 Å². The van der Waals surface area contributed by atoms with E-state index >= 15 is 0 Å². The summed E-state index contributed by atoms with van der Waals surface area (Å²) >= 11 is 9.50. The molecule has 0 bridgehead atoms. The van der Waals surface area contributed by atoms with Crippen molar-refractivity contribution in [2.24, 2.45) is 0 Å². The van der Waals surface area contributed by atoms with E-state index in [1.54, 1.807) is 54.4 Å². The number of halogens is 2. The van der Waals surface area contributed by atoms with Gasteiger partial charge in [0.15, 0.2) is 0 Å². The summed E-state index contributed by atoms with van der Waals surface area (Å²) in [6.45, 7) is 1.93. The van der Waals surface area contributed by atoms with Crippen LogP contribution in [0.2, 0.25) is 5.02 Å². The third kappa shape index (κ3) is 3.39. The highest BCUT2D eigenvalue weighted by Gasteiger charge is 2.21. The van der Waals surface area contributed by atoms with Gasteiger partial charge in [0, 0.05) is 11.5 Å². The fraction of sp³-hybridized carbons (Fsp3) is 0.188. The fourth-order valence-corrected chi connectivity index (χ4v) is 2.58. The van der Waals surface area contributed by atoms with Crippen molar-refractivity contribution >= 4 is 33.4 Å². The predicted molar refractivity (Wildman–Crippen MR) is 87.8 cm³/mol. The van der Waals surface area contributed by atoms with Crippen LogP contribution in [0.15, 0.2) is 46.9 Å². The van der Waals surface area contributed by atoms with Crippen molar-refractivity contribution in [2.75, 3.05) is 7.05 Å². The van der Waals surface area contributed by atoms with Crippen LogP contribution in [-0.4, -0.2) is 23.0 Å². The molecule has 5 heteroatoms. The molecule has 0 saturated heterocycles. The number of nitrogens with zero attached hydrogens (tertiary/aromatic N) is 1. The van der Waals surface area contributed by atoms with Crippen molar-refractivity contribution in [2.45, 2.75) is 13.0 Å². The van der Waals surface area contributed by atoms with Gasteiger partial charge < -0.3 is 10.0 Å². The van der Waals surface area contributed by atoms with Gasteiger partial charge in [-0.1, -0.05) is 29.8 Å². The number of hydrogen-bond acceptors (Lipinski definition) is 2. The normalized spacial score (nSPS) is 12.0. The summed E-state index contributed by atoms with van der Waals surface area (Å²) in [5.41, 5.74) is 1.40. The maximum atomic E-state index is 12.6. The lowest BCUT2D eigenvalue weighted by Crippen LogP contribution is -2.29. The smallest absolute Gasteiger partial charge is 0.255 e. The molecule has 1 atom stereocenters. The molecule has 0 aliphatic rings. The lowest BCUT2D eigenvalue weighted by molar-refractivity contribution is 0.0743. The molecule has 0 spiro atoms. The molecule has 1 N–H and O–H groups in total. The molecule has 21 heavy (non-hydrogen) atoms. The number of phenols is 1. The number of benzene rings is 2. The van der Waals surface area contributed by atoms with Crippen LogP contribution in [0.1, 0.15) is 28.9 Å². The molecule has 2 aromatic carbocycles. The molecule has 2 aromatic rings. The van der Waals surface area contributed by atoms with E-state index in [4.69, 9.17) is 11.6 Å². The number of carbonyl (C=O) groups is 1. The number of rotatable bonds is 3. The molecule has 0 aromatic heterocycles. The molecular weight excluding hydrogens is 354 g/mol. The Morgan fingerprint density at radius 1 is 1.24 bits per heavy atom. The van der Waals surface area contributed by atoms with Crippen LogP contribution in [0.5, 0.6) is 5.75 Å². The summed E-state index contributed by atoms with van der Waals surface area (Å²) in [4.78, 5) is 14.2. The summed E-state index contributed by atoms with van der Waals surface area (Å²) in [6.07, 6.45) is 0. The average Bonchev–Trinajstić information content (AvgIpc) is 2.48. The first-order valence-electron chi connectivity index (χ1n) is 6.42. The Morgan fingerprint density at radius 3 is 2.48 bits per heavy atom. The van der Waals surface area contributed by atoms with Crippen molar-refractivity contribution in [3.05, 3.63) is 63.1 Å².